The zero-order chi connectivity index (χ0) is 16.3. The summed E-state index contributed by atoms with van der Waals surface area (Å²) in [4.78, 5) is 18.6. The van der Waals surface area contributed by atoms with Gasteiger partial charge in [-0.3, -0.25) is 4.79 Å². The number of hydrogen-bond donors (Lipinski definition) is 1. The number of piperidine rings is 1. The molecule has 23 heavy (non-hydrogen) atoms. The van der Waals surface area contributed by atoms with Crippen molar-refractivity contribution in [3.05, 3.63) is 34.1 Å². The van der Waals surface area contributed by atoms with Crippen LogP contribution in [0.4, 0.5) is 0 Å². The monoisotopic (exact) mass is 371 g/mol. The Labute approximate surface area is 143 Å². The van der Waals surface area contributed by atoms with Crippen LogP contribution in [-0.4, -0.2) is 37.3 Å². The number of nitrogens with one attached hydrogen (secondary N) is 1. The normalized spacial score (nSPS) is 19.0. The second-order valence-electron chi connectivity index (χ2n) is 5.23. The van der Waals surface area contributed by atoms with E-state index in [4.69, 9.17) is 0 Å². The molecule has 0 radical (unpaired) electrons. The van der Waals surface area contributed by atoms with Crippen molar-refractivity contribution in [2.24, 2.45) is 0 Å². The summed E-state index contributed by atoms with van der Waals surface area (Å²) in [5.41, 5.74) is 0. The third-order valence-corrected chi connectivity index (χ3v) is 7.41. The Hall–Kier alpha value is -1.29. The van der Waals surface area contributed by atoms with E-state index < -0.39 is 10.0 Å². The highest BCUT2D eigenvalue weighted by Gasteiger charge is 2.30. The maximum absolute atomic E-state index is 12.5. The van der Waals surface area contributed by atoms with E-state index in [9.17, 15) is 13.2 Å². The van der Waals surface area contributed by atoms with Gasteiger partial charge in [0.05, 0.1) is 12.6 Å². The predicted octanol–water partition coefficient (Wildman–Crippen LogP) is 2.24. The average Bonchev–Trinajstić information content (AvgIpc) is 3.25. The zero-order valence-electron chi connectivity index (χ0n) is 12.3. The van der Waals surface area contributed by atoms with E-state index in [2.05, 4.69) is 9.71 Å². The number of likely N-dealkylation sites (tertiary alicyclic amines) is 1. The fourth-order valence-corrected chi connectivity index (χ4v) is 5.43. The summed E-state index contributed by atoms with van der Waals surface area (Å²) in [5, 5.41) is 4.50. The smallest absolute Gasteiger partial charge is 0.250 e. The number of amides is 1. The van der Waals surface area contributed by atoms with Gasteiger partial charge in [-0.2, -0.15) is 0 Å². The van der Waals surface area contributed by atoms with Gasteiger partial charge < -0.3 is 4.90 Å². The summed E-state index contributed by atoms with van der Waals surface area (Å²) in [7, 11) is -3.61. The molecular formula is C14H17N3O3S3. The molecule has 124 valence electrons. The number of thiophene rings is 1. The Morgan fingerprint density at radius 3 is 2.91 bits per heavy atom. The van der Waals surface area contributed by atoms with Crippen LogP contribution in [0.5, 0.6) is 0 Å². The minimum Gasteiger partial charge on any atom is -0.332 e. The zero-order valence-corrected chi connectivity index (χ0v) is 14.8. The van der Waals surface area contributed by atoms with Crippen LogP contribution in [0, 0.1) is 0 Å². The van der Waals surface area contributed by atoms with E-state index in [0.717, 1.165) is 35.6 Å². The molecule has 3 rings (SSSR count). The van der Waals surface area contributed by atoms with Gasteiger partial charge in [0.2, 0.25) is 5.91 Å². The van der Waals surface area contributed by atoms with Crippen molar-refractivity contribution in [3.63, 3.8) is 0 Å². The van der Waals surface area contributed by atoms with Crippen molar-refractivity contribution in [1.82, 2.24) is 14.6 Å². The molecule has 0 bridgehead atoms. The highest BCUT2D eigenvalue weighted by molar-refractivity contribution is 7.91. The molecule has 1 fully saturated rings. The number of carbonyl (C=O) groups is 1. The Morgan fingerprint density at radius 1 is 1.35 bits per heavy atom. The lowest BCUT2D eigenvalue weighted by atomic mass is 10.0. The SMILES string of the molecule is O=C(CNS(=O)(=O)c1cccs1)N1CCCC[C@H]1c1nccs1. The first-order valence-corrected chi connectivity index (χ1v) is 10.5. The van der Waals surface area contributed by atoms with Crippen molar-refractivity contribution < 1.29 is 13.2 Å². The predicted molar refractivity (Wildman–Crippen MR) is 89.9 cm³/mol. The fraction of sp³-hybridized carbons (Fsp3) is 0.429. The van der Waals surface area contributed by atoms with Gasteiger partial charge in [0.1, 0.15) is 9.22 Å². The van der Waals surface area contributed by atoms with E-state index in [1.807, 2.05) is 5.38 Å². The summed E-state index contributed by atoms with van der Waals surface area (Å²) >= 11 is 2.66. The van der Waals surface area contributed by atoms with Gasteiger partial charge in [-0.15, -0.1) is 22.7 Å². The van der Waals surface area contributed by atoms with Crippen LogP contribution in [0.25, 0.3) is 0 Å². The molecule has 1 atom stereocenters. The molecule has 1 aliphatic rings. The van der Waals surface area contributed by atoms with E-state index in [0.29, 0.717) is 6.54 Å². The number of sulfonamides is 1. The number of rotatable bonds is 5. The topological polar surface area (TPSA) is 79.4 Å². The lowest BCUT2D eigenvalue weighted by Crippen LogP contribution is -2.44. The Balaban J connectivity index is 1.67. The van der Waals surface area contributed by atoms with E-state index in [-0.39, 0.29) is 22.7 Å². The molecule has 0 aliphatic carbocycles. The number of aromatic nitrogens is 1. The molecule has 0 saturated carbocycles. The molecule has 2 aromatic rings. The van der Waals surface area contributed by atoms with E-state index >= 15 is 0 Å². The molecule has 1 N–H and O–H groups in total. The van der Waals surface area contributed by atoms with Gasteiger partial charge in [0.15, 0.2) is 0 Å². The van der Waals surface area contributed by atoms with Crippen molar-refractivity contribution >= 4 is 38.6 Å². The van der Waals surface area contributed by atoms with Crippen LogP contribution in [0.1, 0.15) is 30.3 Å². The van der Waals surface area contributed by atoms with Gasteiger partial charge >= 0.3 is 0 Å². The van der Waals surface area contributed by atoms with Gasteiger partial charge in [-0.25, -0.2) is 18.1 Å². The molecule has 0 spiro atoms. The number of nitrogens with zero attached hydrogens (tertiary/aromatic N) is 2. The fourth-order valence-electron chi connectivity index (χ4n) is 2.63. The van der Waals surface area contributed by atoms with Gasteiger partial charge in [0.25, 0.3) is 10.0 Å². The van der Waals surface area contributed by atoms with Crippen LogP contribution in [0.3, 0.4) is 0 Å². The van der Waals surface area contributed by atoms with Gasteiger partial charge in [-0.05, 0) is 30.7 Å². The molecule has 1 saturated heterocycles. The Bertz CT molecular complexity index is 742. The van der Waals surface area contributed by atoms with Crippen LogP contribution in [0.15, 0.2) is 33.3 Å². The highest BCUT2D eigenvalue weighted by atomic mass is 32.2. The molecule has 9 heteroatoms. The molecule has 1 aliphatic heterocycles. The lowest BCUT2D eigenvalue weighted by Gasteiger charge is -2.34. The molecule has 0 aromatic carbocycles. The molecule has 3 heterocycles. The molecule has 2 aromatic heterocycles. The van der Waals surface area contributed by atoms with Crippen LogP contribution in [-0.2, 0) is 14.8 Å². The Morgan fingerprint density at radius 2 is 2.22 bits per heavy atom. The van der Waals surface area contributed by atoms with Crippen LogP contribution < -0.4 is 4.72 Å². The van der Waals surface area contributed by atoms with Gasteiger partial charge in [0, 0.05) is 18.1 Å². The second kappa shape index (κ2) is 7.08. The minimum atomic E-state index is -3.61. The molecule has 1 amide bonds. The maximum Gasteiger partial charge on any atom is 0.250 e. The summed E-state index contributed by atoms with van der Waals surface area (Å²) in [5.74, 6) is -0.204. The first kappa shape index (κ1) is 16.6. The van der Waals surface area contributed by atoms with Crippen molar-refractivity contribution in [1.29, 1.82) is 0 Å². The quantitative estimate of drug-likeness (QED) is 0.874. The van der Waals surface area contributed by atoms with E-state index in [1.54, 1.807) is 22.5 Å². The summed E-state index contributed by atoms with van der Waals surface area (Å²) in [6.07, 6.45) is 4.59. The van der Waals surface area contributed by atoms with E-state index in [1.165, 1.54) is 17.4 Å². The number of carbonyl (C=O) groups excluding carboxylic acids is 1. The molecule has 0 unspecified atom stereocenters. The maximum atomic E-state index is 12.5. The average molecular weight is 372 g/mol. The van der Waals surface area contributed by atoms with Crippen molar-refractivity contribution in [2.45, 2.75) is 29.5 Å². The summed E-state index contributed by atoms with van der Waals surface area (Å²) in [6.45, 7) is 0.423. The summed E-state index contributed by atoms with van der Waals surface area (Å²) < 4.78 is 26.8. The number of thiazole rings is 1. The third-order valence-electron chi connectivity index (χ3n) is 3.73. The largest absolute Gasteiger partial charge is 0.332 e. The molecule has 6 nitrogen and oxygen atoms in total. The van der Waals surface area contributed by atoms with Crippen molar-refractivity contribution in [2.75, 3.05) is 13.1 Å². The first-order valence-electron chi connectivity index (χ1n) is 7.30. The Kier molecular flexibility index (Phi) is 5.10. The minimum absolute atomic E-state index is 0.0394. The van der Waals surface area contributed by atoms with Gasteiger partial charge in [-0.1, -0.05) is 6.07 Å². The second-order valence-corrected chi connectivity index (χ2v) is 9.09. The molecular weight excluding hydrogens is 354 g/mol. The standard InChI is InChI=1S/C14H17N3O3S3/c18-12(10-16-23(19,20)13-5-3-8-21-13)17-7-2-1-4-11(17)14-15-6-9-22-14/h3,5-6,8-9,11,16H,1-2,4,7,10H2/t11-/m0/s1. The van der Waals surface area contributed by atoms with Crippen LogP contribution >= 0.6 is 22.7 Å². The van der Waals surface area contributed by atoms with Crippen molar-refractivity contribution in [3.8, 4) is 0 Å². The lowest BCUT2D eigenvalue weighted by molar-refractivity contribution is -0.133. The number of hydrogen-bond acceptors (Lipinski definition) is 6. The first-order chi connectivity index (χ1) is 11.1. The van der Waals surface area contributed by atoms with Crippen LogP contribution in [0.2, 0.25) is 0 Å². The highest BCUT2D eigenvalue weighted by Crippen LogP contribution is 2.31. The third kappa shape index (κ3) is 3.79. The summed E-state index contributed by atoms with van der Waals surface area (Å²) in [6, 6.07) is 3.16.